The molecule has 0 aliphatic carbocycles. The average Bonchev–Trinajstić information content (AvgIpc) is 2.61. The van der Waals surface area contributed by atoms with Gasteiger partial charge in [-0.1, -0.05) is 54.6 Å². The van der Waals surface area contributed by atoms with Gasteiger partial charge in [-0.05, 0) is 23.6 Å². The van der Waals surface area contributed by atoms with Crippen LogP contribution >= 0.6 is 11.8 Å². The second kappa shape index (κ2) is 8.75. The molecule has 2 rings (SSSR count). The second-order valence-corrected chi connectivity index (χ2v) is 6.54. The Balaban J connectivity index is 1.81. The standard InChI is InChI=1S/C19H23NO2S/c1-15(18-6-4-3-5-7-18)20(2)19(22)14-23-13-17-10-8-16(12-21)9-11-17/h3-11,15,21H,12-14H2,1-2H3. The van der Waals surface area contributed by atoms with Gasteiger partial charge in [-0.2, -0.15) is 0 Å². The highest BCUT2D eigenvalue weighted by Gasteiger charge is 2.16. The van der Waals surface area contributed by atoms with Gasteiger partial charge in [0.05, 0.1) is 18.4 Å². The minimum atomic E-state index is 0.0636. The summed E-state index contributed by atoms with van der Waals surface area (Å²) < 4.78 is 0. The first-order valence-electron chi connectivity index (χ1n) is 7.69. The van der Waals surface area contributed by atoms with Gasteiger partial charge >= 0.3 is 0 Å². The molecule has 0 heterocycles. The third-order valence-electron chi connectivity index (χ3n) is 3.96. The summed E-state index contributed by atoms with van der Waals surface area (Å²) in [6.07, 6.45) is 0. The molecule has 0 radical (unpaired) electrons. The van der Waals surface area contributed by atoms with E-state index in [1.807, 2.05) is 68.6 Å². The van der Waals surface area contributed by atoms with Crippen LogP contribution in [0.5, 0.6) is 0 Å². The SMILES string of the molecule is CC(c1ccccc1)N(C)C(=O)CSCc1ccc(CO)cc1. The lowest BCUT2D eigenvalue weighted by Crippen LogP contribution is -2.31. The van der Waals surface area contributed by atoms with Gasteiger partial charge < -0.3 is 10.0 Å². The molecule has 0 saturated heterocycles. The van der Waals surface area contributed by atoms with E-state index >= 15 is 0 Å². The fraction of sp³-hybridized carbons (Fsp3) is 0.316. The maximum atomic E-state index is 12.3. The van der Waals surface area contributed by atoms with E-state index in [4.69, 9.17) is 5.11 Å². The Bertz CT molecular complexity index is 613. The maximum absolute atomic E-state index is 12.3. The minimum Gasteiger partial charge on any atom is -0.392 e. The summed E-state index contributed by atoms with van der Waals surface area (Å²) in [4.78, 5) is 14.1. The molecule has 0 bridgehead atoms. The number of aliphatic hydroxyl groups excluding tert-OH is 1. The fourth-order valence-electron chi connectivity index (χ4n) is 2.27. The summed E-state index contributed by atoms with van der Waals surface area (Å²) in [5.74, 6) is 1.40. The number of aliphatic hydroxyl groups is 1. The van der Waals surface area contributed by atoms with Gasteiger partial charge in [0.15, 0.2) is 0 Å². The van der Waals surface area contributed by atoms with Gasteiger partial charge in [-0.25, -0.2) is 0 Å². The van der Waals surface area contributed by atoms with Crippen LogP contribution in [0.15, 0.2) is 54.6 Å². The van der Waals surface area contributed by atoms with Gasteiger partial charge in [-0.3, -0.25) is 4.79 Å². The van der Waals surface area contributed by atoms with E-state index in [1.54, 1.807) is 16.7 Å². The highest BCUT2D eigenvalue weighted by molar-refractivity contribution is 7.99. The van der Waals surface area contributed by atoms with E-state index in [2.05, 4.69) is 0 Å². The number of amides is 1. The summed E-state index contributed by atoms with van der Waals surface area (Å²) in [6.45, 7) is 2.11. The highest BCUT2D eigenvalue weighted by atomic mass is 32.2. The predicted octanol–water partition coefficient (Wildman–Crippen LogP) is 3.63. The van der Waals surface area contributed by atoms with Crippen molar-refractivity contribution in [2.75, 3.05) is 12.8 Å². The molecule has 0 aliphatic heterocycles. The van der Waals surface area contributed by atoms with Crippen molar-refractivity contribution in [1.29, 1.82) is 0 Å². The molecule has 1 unspecified atom stereocenters. The third-order valence-corrected chi connectivity index (χ3v) is 4.94. The van der Waals surface area contributed by atoms with Crippen molar-refractivity contribution >= 4 is 17.7 Å². The first kappa shape index (κ1) is 17.6. The molecule has 4 heteroatoms. The number of carbonyl (C=O) groups excluding carboxylic acids is 1. The van der Waals surface area contributed by atoms with Crippen molar-refractivity contribution in [3.63, 3.8) is 0 Å². The Morgan fingerprint density at radius 1 is 1.09 bits per heavy atom. The predicted molar refractivity (Wildman–Crippen MR) is 96.2 cm³/mol. The summed E-state index contributed by atoms with van der Waals surface area (Å²) in [5, 5.41) is 9.03. The van der Waals surface area contributed by atoms with Gasteiger partial charge in [0.25, 0.3) is 0 Å². The zero-order valence-corrected chi connectivity index (χ0v) is 14.4. The van der Waals surface area contributed by atoms with Gasteiger partial charge in [0.1, 0.15) is 0 Å². The summed E-state index contributed by atoms with van der Waals surface area (Å²) in [6, 6.07) is 18.0. The average molecular weight is 329 g/mol. The topological polar surface area (TPSA) is 40.5 Å². The van der Waals surface area contributed by atoms with Crippen molar-refractivity contribution in [1.82, 2.24) is 4.90 Å². The highest BCUT2D eigenvalue weighted by Crippen LogP contribution is 2.20. The Morgan fingerprint density at radius 2 is 1.70 bits per heavy atom. The Hall–Kier alpha value is -1.78. The first-order chi connectivity index (χ1) is 11.1. The smallest absolute Gasteiger partial charge is 0.232 e. The molecule has 0 spiro atoms. The lowest BCUT2D eigenvalue weighted by atomic mass is 10.1. The number of nitrogens with zero attached hydrogens (tertiary/aromatic N) is 1. The summed E-state index contributed by atoms with van der Waals surface area (Å²) in [5.41, 5.74) is 3.22. The molecule has 1 atom stereocenters. The molecule has 0 aromatic heterocycles. The lowest BCUT2D eigenvalue weighted by molar-refractivity contribution is -0.128. The van der Waals surface area contributed by atoms with Crippen LogP contribution in [0.2, 0.25) is 0 Å². The van der Waals surface area contributed by atoms with E-state index < -0.39 is 0 Å². The molecule has 23 heavy (non-hydrogen) atoms. The Kier molecular flexibility index (Phi) is 6.68. The number of carbonyl (C=O) groups is 1. The first-order valence-corrected chi connectivity index (χ1v) is 8.84. The van der Waals surface area contributed by atoms with E-state index in [0.29, 0.717) is 5.75 Å². The van der Waals surface area contributed by atoms with E-state index in [0.717, 1.165) is 16.9 Å². The molecule has 0 fully saturated rings. The van der Waals surface area contributed by atoms with Crippen LogP contribution in [0.1, 0.15) is 29.7 Å². The normalized spacial score (nSPS) is 12.0. The van der Waals surface area contributed by atoms with E-state index in [-0.39, 0.29) is 18.6 Å². The number of rotatable bonds is 7. The molecule has 0 aliphatic rings. The molecule has 0 saturated carbocycles. The van der Waals surface area contributed by atoms with Crippen molar-refractivity contribution in [3.05, 3.63) is 71.3 Å². The van der Waals surface area contributed by atoms with Crippen LogP contribution in [0.3, 0.4) is 0 Å². The second-order valence-electron chi connectivity index (χ2n) is 5.56. The molecule has 2 aromatic rings. The summed E-state index contributed by atoms with van der Waals surface area (Å²) in [7, 11) is 1.86. The van der Waals surface area contributed by atoms with Crippen molar-refractivity contribution in [2.24, 2.45) is 0 Å². The van der Waals surface area contributed by atoms with Gasteiger partial charge in [0.2, 0.25) is 5.91 Å². The van der Waals surface area contributed by atoms with Gasteiger partial charge in [0, 0.05) is 12.8 Å². The van der Waals surface area contributed by atoms with Crippen LogP contribution in [0.4, 0.5) is 0 Å². The van der Waals surface area contributed by atoms with Crippen molar-refractivity contribution < 1.29 is 9.90 Å². The zero-order valence-electron chi connectivity index (χ0n) is 13.6. The van der Waals surface area contributed by atoms with Crippen LogP contribution in [-0.4, -0.2) is 28.7 Å². The zero-order chi connectivity index (χ0) is 16.7. The van der Waals surface area contributed by atoms with Crippen molar-refractivity contribution in [2.45, 2.75) is 25.3 Å². The van der Waals surface area contributed by atoms with Crippen LogP contribution < -0.4 is 0 Å². The van der Waals surface area contributed by atoms with Gasteiger partial charge in [-0.15, -0.1) is 11.8 Å². The number of hydrogen-bond acceptors (Lipinski definition) is 3. The molecular weight excluding hydrogens is 306 g/mol. The van der Waals surface area contributed by atoms with Crippen LogP contribution in [-0.2, 0) is 17.2 Å². The molecule has 1 N–H and O–H groups in total. The number of hydrogen-bond donors (Lipinski definition) is 1. The fourth-order valence-corrected chi connectivity index (χ4v) is 3.18. The molecule has 3 nitrogen and oxygen atoms in total. The quantitative estimate of drug-likeness (QED) is 0.843. The largest absolute Gasteiger partial charge is 0.392 e. The van der Waals surface area contributed by atoms with E-state index in [1.165, 1.54) is 5.56 Å². The van der Waals surface area contributed by atoms with E-state index in [9.17, 15) is 4.79 Å². The monoisotopic (exact) mass is 329 g/mol. The minimum absolute atomic E-state index is 0.0636. The molecule has 122 valence electrons. The van der Waals surface area contributed by atoms with Crippen LogP contribution in [0, 0.1) is 0 Å². The maximum Gasteiger partial charge on any atom is 0.232 e. The number of thioether (sulfide) groups is 1. The number of benzene rings is 2. The molecule has 2 aromatic carbocycles. The van der Waals surface area contributed by atoms with Crippen LogP contribution in [0.25, 0.3) is 0 Å². The Labute approximate surface area is 142 Å². The third kappa shape index (κ3) is 5.12. The molecule has 1 amide bonds. The summed E-state index contributed by atoms with van der Waals surface area (Å²) >= 11 is 1.62. The lowest BCUT2D eigenvalue weighted by Gasteiger charge is -2.25. The Morgan fingerprint density at radius 3 is 2.30 bits per heavy atom. The molecular formula is C19H23NO2S. The van der Waals surface area contributed by atoms with Crippen molar-refractivity contribution in [3.8, 4) is 0 Å².